The molecule has 2 unspecified atom stereocenters. The number of nitrogens with one attached hydrogen (secondary N) is 1. The van der Waals surface area contributed by atoms with Gasteiger partial charge in [-0.3, -0.25) is 0 Å². The fourth-order valence-corrected chi connectivity index (χ4v) is 4.39. The molecule has 1 saturated heterocycles. The normalized spacial score (nSPS) is 25.0. The third-order valence-electron chi connectivity index (χ3n) is 3.18. The van der Waals surface area contributed by atoms with Gasteiger partial charge in [0.1, 0.15) is 0 Å². The van der Waals surface area contributed by atoms with Crippen LogP contribution in [0.25, 0.3) is 0 Å². The molecule has 0 aromatic carbocycles. The van der Waals surface area contributed by atoms with Crippen molar-refractivity contribution in [2.24, 2.45) is 0 Å². The number of nitrogens with zero attached hydrogens (tertiary/aromatic N) is 1. The van der Waals surface area contributed by atoms with Crippen molar-refractivity contribution in [3.63, 3.8) is 0 Å². The average Bonchev–Trinajstić information content (AvgIpc) is 2.38. The van der Waals surface area contributed by atoms with Crippen molar-refractivity contribution in [2.75, 3.05) is 6.54 Å². The Bertz CT molecular complexity index is 374. The van der Waals surface area contributed by atoms with Crippen LogP contribution in [0.3, 0.4) is 0 Å². The lowest BCUT2D eigenvalue weighted by Gasteiger charge is -2.33. The molecule has 0 bridgehead atoms. The number of hydrogen-bond donors (Lipinski definition) is 2. The fourth-order valence-electron chi connectivity index (χ4n) is 2.54. The largest absolute Gasteiger partial charge is 0.393 e. The van der Waals surface area contributed by atoms with Gasteiger partial charge in [-0.25, -0.2) is 0 Å². The van der Waals surface area contributed by atoms with Crippen LogP contribution in [0.5, 0.6) is 0 Å². The van der Waals surface area contributed by atoms with Crippen LogP contribution in [-0.2, 0) is 10.2 Å². The minimum Gasteiger partial charge on any atom is -0.393 e. The summed E-state index contributed by atoms with van der Waals surface area (Å²) in [6, 6.07) is -0.0950. The first kappa shape index (κ1) is 16.9. The van der Waals surface area contributed by atoms with Gasteiger partial charge in [0.25, 0.3) is 10.2 Å². The topological polar surface area (TPSA) is 69.6 Å². The van der Waals surface area contributed by atoms with Crippen LogP contribution in [0.15, 0.2) is 0 Å². The minimum atomic E-state index is -3.49. The van der Waals surface area contributed by atoms with Crippen LogP contribution >= 0.6 is 0 Å². The van der Waals surface area contributed by atoms with E-state index >= 15 is 0 Å². The molecule has 2 N–H and O–H groups in total. The summed E-state index contributed by atoms with van der Waals surface area (Å²) in [5.74, 6) is 0. The van der Waals surface area contributed by atoms with Crippen LogP contribution in [0.1, 0.15) is 59.8 Å². The van der Waals surface area contributed by atoms with E-state index < -0.39 is 21.9 Å². The summed E-state index contributed by atoms with van der Waals surface area (Å²) in [7, 11) is -3.49. The SMILES string of the molecule is CC(O)CC1CCCCCN1S(=O)(=O)NC(C)(C)C. The Morgan fingerprint density at radius 3 is 2.47 bits per heavy atom. The maximum atomic E-state index is 12.5. The molecule has 19 heavy (non-hydrogen) atoms. The number of rotatable bonds is 4. The van der Waals surface area contributed by atoms with E-state index in [1.165, 1.54) is 0 Å². The van der Waals surface area contributed by atoms with Gasteiger partial charge in [-0.05, 0) is 47.0 Å². The van der Waals surface area contributed by atoms with E-state index in [0.29, 0.717) is 13.0 Å². The molecule has 1 fully saturated rings. The van der Waals surface area contributed by atoms with Gasteiger partial charge in [-0.2, -0.15) is 17.4 Å². The van der Waals surface area contributed by atoms with Crippen molar-refractivity contribution in [2.45, 2.75) is 77.5 Å². The van der Waals surface area contributed by atoms with Gasteiger partial charge in [-0.15, -0.1) is 0 Å². The molecule has 2 atom stereocenters. The molecule has 1 aliphatic heterocycles. The Kier molecular flexibility index (Phi) is 5.79. The molecular formula is C13H28N2O3S. The molecule has 0 amide bonds. The fraction of sp³-hybridized carbons (Fsp3) is 1.00. The molecule has 6 heteroatoms. The monoisotopic (exact) mass is 292 g/mol. The first-order valence-electron chi connectivity index (χ1n) is 7.10. The summed E-state index contributed by atoms with van der Waals surface area (Å²) in [5, 5.41) is 9.57. The lowest BCUT2D eigenvalue weighted by molar-refractivity contribution is 0.146. The van der Waals surface area contributed by atoms with Gasteiger partial charge in [0.2, 0.25) is 0 Å². The maximum absolute atomic E-state index is 12.5. The average molecular weight is 292 g/mol. The van der Waals surface area contributed by atoms with E-state index in [1.807, 2.05) is 20.8 Å². The molecule has 0 aromatic rings. The number of aliphatic hydroxyl groups excluding tert-OH is 1. The Balaban J connectivity index is 2.90. The van der Waals surface area contributed by atoms with Crippen molar-refractivity contribution in [1.82, 2.24) is 9.03 Å². The van der Waals surface area contributed by atoms with Crippen LogP contribution < -0.4 is 4.72 Å². The Labute approximate surface area is 117 Å². The molecule has 0 aromatic heterocycles. The quantitative estimate of drug-likeness (QED) is 0.827. The highest BCUT2D eigenvalue weighted by Crippen LogP contribution is 2.23. The highest BCUT2D eigenvalue weighted by Gasteiger charge is 2.33. The number of hydrogen-bond acceptors (Lipinski definition) is 3. The second kappa shape index (κ2) is 6.52. The molecule has 0 saturated carbocycles. The number of aliphatic hydroxyl groups is 1. The van der Waals surface area contributed by atoms with Crippen LogP contribution in [0.2, 0.25) is 0 Å². The lowest BCUT2D eigenvalue weighted by Crippen LogP contribution is -2.52. The zero-order chi connectivity index (χ0) is 14.7. The van der Waals surface area contributed by atoms with E-state index in [4.69, 9.17) is 0 Å². The van der Waals surface area contributed by atoms with Crippen LogP contribution in [0, 0.1) is 0 Å². The van der Waals surface area contributed by atoms with E-state index in [1.54, 1.807) is 11.2 Å². The van der Waals surface area contributed by atoms with Gasteiger partial charge in [-0.1, -0.05) is 12.8 Å². The van der Waals surface area contributed by atoms with Gasteiger partial charge < -0.3 is 5.11 Å². The maximum Gasteiger partial charge on any atom is 0.280 e. The third-order valence-corrected chi connectivity index (χ3v) is 5.15. The van der Waals surface area contributed by atoms with E-state index in [2.05, 4.69) is 4.72 Å². The minimum absolute atomic E-state index is 0.0950. The predicted molar refractivity (Wildman–Crippen MR) is 77.1 cm³/mol. The van der Waals surface area contributed by atoms with E-state index in [-0.39, 0.29) is 6.04 Å². The Morgan fingerprint density at radius 2 is 1.95 bits per heavy atom. The molecule has 114 valence electrons. The summed E-state index contributed by atoms with van der Waals surface area (Å²) >= 11 is 0. The summed E-state index contributed by atoms with van der Waals surface area (Å²) in [6.45, 7) is 7.78. The lowest BCUT2D eigenvalue weighted by atomic mass is 10.1. The third kappa shape index (κ3) is 5.77. The molecule has 0 spiro atoms. The summed E-state index contributed by atoms with van der Waals surface area (Å²) in [5.41, 5.74) is -0.486. The summed E-state index contributed by atoms with van der Waals surface area (Å²) in [4.78, 5) is 0. The Morgan fingerprint density at radius 1 is 1.32 bits per heavy atom. The first-order valence-corrected chi connectivity index (χ1v) is 8.54. The van der Waals surface area contributed by atoms with Crippen LogP contribution in [0.4, 0.5) is 0 Å². The van der Waals surface area contributed by atoms with Crippen molar-refractivity contribution < 1.29 is 13.5 Å². The zero-order valence-electron chi connectivity index (χ0n) is 12.5. The van der Waals surface area contributed by atoms with Crippen molar-refractivity contribution in [1.29, 1.82) is 0 Å². The summed E-state index contributed by atoms with van der Waals surface area (Å²) in [6.07, 6.45) is 3.83. The van der Waals surface area contributed by atoms with Gasteiger partial charge in [0, 0.05) is 18.1 Å². The molecule has 5 nitrogen and oxygen atoms in total. The van der Waals surface area contributed by atoms with Crippen molar-refractivity contribution in [3.8, 4) is 0 Å². The molecular weight excluding hydrogens is 264 g/mol. The molecule has 1 rings (SSSR count). The predicted octanol–water partition coefficient (Wildman–Crippen LogP) is 1.63. The molecule has 1 aliphatic rings. The smallest absolute Gasteiger partial charge is 0.280 e. The first-order chi connectivity index (χ1) is 8.62. The standard InChI is InChI=1S/C13H28N2O3S/c1-11(16)10-12-8-6-5-7-9-15(12)19(17,18)14-13(2,3)4/h11-12,14,16H,5-10H2,1-4H3. The Hall–Kier alpha value is -0.170. The van der Waals surface area contributed by atoms with Crippen molar-refractivity contribution >= 4 is 10.2 Å². The second-order valence-corrected chi connectivity index (χ2v) is 8.18. The molecule has 1 heterocycles. The summed E-state index contributed by atoms with van der Waals surface area (Å²) < 4.78 is 29.2. The highest BCUT2D eigenvalue weighted by molar-refractivity contribution is 7.87. The van der Waals surface area contributed by atoms with Crippen molar-refractivity contribution in [3.05, 3.63) is 0 Å². The van der Waals surface area contributed by atoms with Gasteiger partial charge in [0.15, 0.2) is 0 Å². The van der Waals surface area contributed by atoms with Gasteiger partial charge >= 0.3 is 0 Å². The zero-order valence-corrected chi connectivity index (χ0v) is 13.3. The van der Waals surface area contributed by atoms with Gasteiger partial charge in [0.05, 0.1) is 6.10 Å². The highest BCUT2D eigenvalue weighted by atomic mass is 32.2. The van der Waals surface area contributed by atoms with E-state index in [0.717, 1.165) is 25.7 Å². The van der Waals surface area contributed by atoms with E-state index in [9.17, 15) is 13.5 Å². The second-order valence-electron chi connectivity index (χ2n) is 6.56. The van der Waals surface area contributed by atoms with Crippen LogP contribution in [-0.4, -0.2) is 42.1 Å². The molecule has 0 aliphatic carbocycles. The molecule has 0 radical (unpaired) electrons.